The topological polar surface area (TPSA) is 183 Å². The molecule has 0 spiro atoms. The Labute approximate surface area is 302 Å². The van der Waals surface area contributed by atoms with E-state index in [4.69, 9.17) is 6.57 Å². The number of nitrogens with zero attached hydrogens (tertiary/aromatic N) is 12. The van der Waals surface area contributed by atoms with E-state index in [0.717, 1.165) is 6.07 Å². The van der Waals surface area contributed by atoms with Crippen LogP contribution in [0.25, 0.3) is 21.7 Å². The van der Waals surface area contributed by atoms with Gasteiger partial charge in [0.15, 0.2) is 58.1 Å². The number of benzene rings is 3. The predicted molar refractivity (Wildman–Crippen MR) is 163 cm³/mol. The van der Waals surface area contributed by atoms with Crippen LogP contribution >= 0.6 is 0 Å². The third-order valence-corrected chi connectivity index (χ3v) is 7.41. The summed E-state index contributed by atoms with van der Waals surface area (Å²) in [5, 5.41) is 19.2. The summed E-state index contributed by atoms with van der Waals surface area (Å²) >= 11 is 0. The van der Waals surface area contributed by atoms with E-state index >= 15 is 0 Å². The molecule has 3 aliphatic rings. The lowest BCUT2D eigenvalue weighted by molar-refractivity contribution is -0.276. The van der Waals surface area contributed by atoms with Gasteiger partial charge in [-0.1, -0.05) is 0 Å². The van der Waals surface area contributed by atoms with Gasteiger partial charge in [-0.15, -0.1) is 26.3 Å². The molecule has 0 saturated carbocycles. The average Bonchev–Trinajstić information content (AvgIpc) is 3.81. The first-order valence-electron chi connectivity index (χ1n) is 14.9. The van der Waals surface area contributed by atoms with Crippen molar-refractivity contribution in [1.82, 2.24) is 15.0 Å². The van der Waals surface area contributed by atoms with Gasteiger partial charge in [-0.05, 0) is 18.6 Å². The van der Waals surface area contributed by atoms with Crippen LogP contribution in [-0.2, 0) is 0 Å². The molecule has 276 valence electrons. The van der Waals surface area contributed by atoms with Crippen LogP contribution in [0.3, 0.4) is 0 Å². The molecule has 0 atom stereocenters. The van der Waals surface area contributed by atoms with E-state index in [1.807, 2.05) is 0 Å². The highest BCUT2D eigenvalue weighted by Gasteiger charge is 2.34. The van der Waals surface area contributed by atoms with Gasteiger partial charge in [0.1, 0.15) is 29.1 Å². The first-order chi connectivity index (χ1) is 26.4. The van der Waals surface area contributed by atoms with Crippen LogP contribution in [0.2, 0.25) is 0 Å². The first kappa shape index (κ1) is 36.5. The molecule has 0 fully saturated rings. The van der Waals surface area contributed by atoms with Crippen molar-refractivity contribution < 1.29 is 49.0 Å². The number of halogens is 9. The third-order valence-electron chi connectivity index (χ3n) is 7.41. The quantitative estimate of drug-likeness (QED) is 0.169. The largest absolute Gasteiger partial charge is 0.573 e. The second-order valence-electron chi connectivity index (χ2n) is 11.1. The molecule has 0 amide bonds. The molecular weight excluding hydrogens is 767 g/mol. The van der Waals surface area contributed by atoms with Crippen molar-refractivity contribution in [2.45, 2.75) is 19.6 Å². The molecule has 0 saturated heterocycles. The molecule has 3 aliphatic heterocycles. The minimum atomic E-state index is -5.28. The summed E-state index contributed by atoms with van der Waals surface area (Å²) in [6.07, 6.45) is -10.6. The fourth-order valence-corrected chi connectivity index (χ4v) is 5.06. The molecule has 3 aromatic carbocycles. The van der Waals surface area contributed by atoms with E-state index in [-0.39, 0.29) is 43.5 Å². The van der Waals surface area contributed by atoms with Gasteiger partial charge in [0.05, 0.1) is 38.7 Å². The molecule has 4 aromatic rings. The number of hydrogen-bond acceptors (Lipinski definition) is 13. The van der Waals surface area contributed by atoms with Crippen LogP contribution in [0.15, 0.2) is 83.8 Å². The molecule has 14 nitrogen and oxygen atoms in total. The average molecular weight is 776 g/mol. The monoisotopic (exact) mass is 776 g/mol. The standard InChI is InChI=1S/C33H9F9N12O2/c1-11-3-17-18(4-14(11)34)47-26(46-17)12(9-43)28-52-29(13(10-44)27-48-19-5-15(35)23(7-21(19)49-27)55-32(37,38)39)54-31(53-28)25(45-2)30-50-20-6-16(36)24(8-22(20)51-30)56-33(40,41)42/h3-8H,1H3/b26-12+,27-13-,30-25+. The van der Waals surface area contributed by atoms with Gasteiger partial charge in [-0.25, -0.2) is 62.9 Å². The highest BCUT2D eigenvalue weighted by atomic mass is 19.4. The van der Waals surface area contributed by atoms with Crippen LogP contribution in [0.5, 0.6) is 11.5 Å². The number of alkyl halides is 6. The maximum absolute atomic E-state index is 14.5. The molecule has 56 heavy (non-hydrogen) atoms. The Kier molecular flexibility index (Phi) is 8.61. The SMILES string of the molecule is [C-]#[N+]/C(=C1\N=c2cc(F)c(OC(F)(F)F)cc2=N1)c1nc(/C(C#N)=C2\N=c3cc(C)c(F)cc3=N2)nc(/C(C#N)=C2/N=c3cc(F)c(OC(F)(F)F)cc3=N2)n1. The Morgan fingerprint density at radius 2 is 0.929 bits per heavy atom. The van der Waals surface area contributed by atoms with Crippen LogP contribution in [0.4, 0.5) is 39.5 Å². The Balaban J connectivity index is 1.46. The van der Waals surface area contributed by atoms with Crippen molar-refractivity contribution in [3.8, 4) is 23.6 Å². The molecule has 0 bridgehead atoms. The Morgan fingerprint density at radius 3 is 1.32 bits per heavy atom. The number of aryl methyl sites for hydroxylation is 1. The van der Waals surface area contributed by atoms with Crippen LogP contribution in [-0.4, -0.2) is 27.7 Å². The summed E-state index contributed by atoms with van der Waals surface area (Å²) in [7, 11) is 0. The van der Waals surface area contributed by atoms with E-state index < -0.39 is 87.6 Å². The predicted octanol–water partition coefficient (Wildman–Crippen LogP) is 3.18. The summed E-state index contributed by atoms with van der Waals surface area (Å²) in [6.45, 7) is 9.33. The van der Waals surface area contributed by atoms with Crippen molar-refractivity contribution >= 4 is 16.8 Å². The van der Waals surface area contributed by atoms with E-state index in [0.29, 0.717) is 24.3 Å². The lowest BCUT2D eigenvalue weighted by Crippen LogP contribution is -2.25. The van der Waals surface area contributed by atoms with Crippen LogP contribution in [0.1, 0.15) is 23.0 Å². The summed E-state index contributed by atoms with van der Waals surface area (Å²) in [5.74, 6) is -9.65. The number of ether oxygens (including phenoxy) is 2. The number of fused-ring (bicyclic) bond motifs is 3. The van der Waals surface area contributed by atoms with Gasteiger partial charge >= 0.3 is 12.7 Å². The molecule has 23 heteroatoms. The zero-order valence-electron chi connectivity index (χ0n) is 27.0. The van der Waals surface area contributed by atoms with Gasteiger partial charge in [-0.3, -0.25) is 0 Å². The Hall–Kier alpha value is -7.87. The normalized spacial score (nSPS) is 16.4. The van der Waals surface area contributed by atoms with Crippen molar-refractivity contribution in [3.05, 3.63) is 138 Å². The van der Waals surface area contributed by atoms with Crippen molar-refractivity contribution in [3.63, 3.8) is 0 Å². The molecular formula is C33H9F9N12O2. The third kappa shape index (κ3) is 6.97. The number of allylic oxidation sites excluding steroid dienone is 2. The maximum atomic E-state index is 14.5. The molecule has 7 rings (SSSR count). The highest BCUT2D eigenvalue weighted by molar-refractivity contribution is 5.80. The fraction of sp³-hybridized carbons (Fsp3) is 0.0909. The second kappa shape index (κ2) is 13.2. The van der Waals surface area contributed by atoms with Crippen molar-refractivity contribution in [1.29, 1.82) is 10.5 Å². The number of rotatable bonds is 5. The molecule has 0 aliphatic carbocycles. The highest BCUT2D eigenvalue weighted by Crippen LogP contribution is 2.29. The number of nitriles is 2. The number of hydrogen-bond donors (Lipinski definition) is 0. The molecule has 0 radical (unpaired) electrons. The first-order valence-corrected chi connectivity index (χ1v) is 14.9. The molecule has 0 N–H and O–H groups in total. The van der Waals surface area contributed by atoms with E-state index in [1.54, 1.807) is 12.1 Å². The fourth-order valence-electron chi connectivity index (χ4n) is 5.06. The minimum Gasteiger partial charge on any atom is -0.403 e. The molecule has 4 heterocycles. The van der Waals surface area contributed by atoms with E-state index in [2.05, 4.69) is 59.2 Å². The van der Waals surface area contributed by atoms with Gasteiger partial charge in [-0.2, -0.15) is 10.5 Å². The summed E-state index contributed by atoms with van der Waals surface area (Å²) in [5.41, 5.74) is -1.69. The summed E-state index contributed by atoms with van der Waals surface area (Å²) < 4.78 is 128. The Morgan fingerprint density at radius 1 is 0.571 bits per heavy atom. The zero-order valence-corrected chi connectivity index (χ0v) is 27.0. The van der Waals surface area contributed by atoms with Gasteiger partial charge in [0, 0.05) is 30.3 Å². The summed E-state index contributed by atoms with van der Waals surface area (Å²) in [6, 6.07) is 8.10. The maximum Gasteiger partial charge on any atom is 0.573 e. The smallest absolute Gasteiger partial charge is 0.403 e. The lowest BCUT2D eigenvalue weighted by Gasteiger charge is -2.08. The van der Waals surface area contributed by atoms with Gasteiger partial charge in [0.25, 0.3) is 5.70 Å². The molecule has 1 aromatic heterocycles. The second-order valence-corrected chi connectivity index (χ2v) is 11.1. The zero-order chi connectivity index (χ0) is 40.3. The number of aromatic nitrogens is 3. The Bertz CT molecular complexity index is 2910. The van der Waals surface area contributed by atoms with Crippen molar-refractivity contribution in [2.24, 2.45) is 30.0 Å². The molecule has 0 unspecified atom stereocenters. The van der Waals surface area contributed by atoms with E-state index in [1.165, 1.54) is 13.0 Å². The van der Waals surface area contributed by atoms with Crippen LogP contribution < -0.4 is 41.6 Å². The van der Waals surface area contributed by atoms with E-state index in [9.17, 15) is 50.0 Å². The van der Waals surface area contributed by atoms with Crippen LogP contribution in [0, 0.1) is 53.6 Å². The van der Waals surface area contributed by atoms with Gasteiger partial charge < -0.3 is 9.47 Å². The summed E-state index contributed by atoms with van der Waals surface area (Å²) in [4.78, 5) is 40.0. The lowest BCUT2D eigenvalue weighted by atomic mass is 10.2. The van der Waals surface area contributed by atoms with Crippen molar-refractivity contribution in [2.75, 3.05) is 0 Å². The van der Waals surface area contributed by atoms with Gasteiger partial charge in [0.2, 0.25) is 0 Å². The minimum absolute atomic E-state index is 0.0130.